The minimum Gasteiger partial charge on any atom is -0.481 e. The zero-order valence-corrected chi connectivity index (χ0v) is 15.6. The first-order valence-electron chi connectivity index (χ1n) is 8.87. The van der Waals surface area contributed by atoms with Crippen LogP contribution in [0.2, 0.25) is 0 Å². The minimum atomic E-state index is -3.46. The van der Waals surface area contributed by atoms with Gasteiger partial charge < -0.3 is 10.0 Å². The Morgan fingerprint density at radius 3 is 2.68 bits per heavy atom. The molecule has 1 atom stereocenters. The fourth-order valence-corrected chi connectivity index (χ4v) is 4.28. The van der Waals surface area contributed by atoms with E-state index in [0.717, 1.165) is 44.5 Å². The van der Waals surface area contributed by atoms with Crippen LogP contribution in [0.1, 0.15) is 37.7 Å². The maximum atomic E-state index is 12.4. The summed E-state index contributed by atoms with van der Waals surface area (Å²) in [6.07, 6.45) is 3.84. The normalized spacial score (nSPS) is 19.0. The number of aliphatic carboxylic acids is 1. The highest BCUT2D eigenvalue weighted by Crippen LogP contribution is 2.18. The predicted octanol–water partition coefficient (Wildman–Crippen LogP) is 2.24. The van der Waals surface area contributed by atoms with Crippen molar-refractivity contribution in [2.45, 2.75) is 43.9 Å². The van der Waals surface area contributed by atoms with Crippen LogP contribution in [0.3, 0.4) is 0 Å². The molecule has 1 saturated heterocycles. The Kier molecular flexibility index (Phi) is 7.40. The fourth-order valence-electron chi connectivity index (χ4n) is 3.16. The fraction of sp³-hybridized carbons (Fsp3) is 0.611. The molecule has 1 unspecified atom stereocenters. The molecule has 25 heavy (non-hydrogen) atoms. The molecule has 0 aromatic heterocycles. The van der Waals surface area contributed by atoms with Gasteiger partial charge in [-0.05, 0) is 63.7 Å². The van der Waals surface area contributed by atoms with Crippen LogP contribution >= 0.6 is 0 Å². The molecule has 0 amide bonds. The number of rotatable bonds is 9. The van der Waals surface area contributed by atoms with Crippen LogP contribution in [0.25, 0.3) is 0 Å². The third-order valence-corrected chi connectivity index (χ3v) is 6.05. The molecule has 1 fully saturated rings. The Labute approximate surface area is 150 Å². The lowest BCUT2D eigenvalue weighted by atomic mass is 9.98. The number of carbonyl (C=O) groups is 1. The van der Waals surface area contributed by atoms with Crippen LogP contribution in [0, 0.1) is 12.8 Å². The van der Waals surface area contributed by atoms with E-state index in [1.54, 1.807) is 24.3 Å². The largest absolute Gasteiger partial charge is 0.481 e. The maximum absolute atomic E-state index is 12.4. The number of sulfonamides is 1. The Bertz CT molecular complexity index is 658. The van der Waals surface area contributed by atoms with Crippen molar-refractivity contribution in [1.82, 2.24) is 9.62 Å². The van der Waals surface area contributed by atoms with Gasteiger partial charge in [0.05, 0.1) is 4.90 Å². The minimum absolute atomic E-state index is 0.216. The zero-order chi connectivity index (χ0) is 18.3. The van der Waals surface area contributed by atoms with Gasteiger partial charge in [-0.2, -0.15) is 0 Å². The molecular formula is C18H28N2O4S. The number of carboxylic acid groups (broad SMARTS) is 1. The van der Waals surface area contributed by atoms with Crippen LogP contribution in [-0.4, -0.2) is 50.6 Å². The van der Waals surface area contributed by atoms with Gasteiger partial charge in [0.1, 0.15) is 0 Å². The van der Waals surface area contributed by atoms with E-state index < -0.39 is 16.0 Å². The first-order valence-corrected chi connectivity index (χ1v) is 10.4. The highest BCUT2D eigenvalue weighted by Gasteiger charge is 2.22. The van der Waals surface area contributed by atoms with Crippen LogP contribution < -0.4 is 4.72 Å². The van der Waals surface area contributed by atoms with E-state index in [2.05, 4.69) is 9.62 Å². The lowest BCUT2D eigenvalue weighted by Gasteiger charge is -2.32. The van der Waals surface area contributed by atoms with Crippen LogP contribution in [0.15, 0.2) is 29.2 Å². The van der Waals surface area contributed by atoms with E-state index in [9.17, 15) is 13.2 Å². The third kappa shape index (κ3) is 6.76. The Hall–Kier alpha value is -1.44. The van der Waals surface area contributed by atoms with Crippen molar-refractivity contribution >= 4 is 16.0 Å². The summed E-state index contributed by atoms with van der Waals surface area (Å²) in [5, 5.41) is 8.67. The maximum Gasteiger partial charge on any atom is 0.303 e. The number of benzene rings is 1. The van der Waals surface area contributed by atoms with Gasteiger partial charge in [0.15, 0.2) is 0 Å². The van der Waals surface area contributed by atoms with E-state index in [1.807, 2.05) is 6.92 Å². The van der Waals surface area contributed by atoms with Gasteiger partial charge in [-0.1, -0.05) is 17.7 Å². The van der Waals surface area contributed by atoms with E-state index in [4.69, 9.17) is 5.11 Å². The highest BCUT2D eigenvalue weighted by molar-refractivity contribution is 7.89. The summed E-state index contributed by atoms with van der Waals surface area (Å²) in [6.45, 7) is 5.13. The first-order chi connectivity index (χ1) is 11.9. The summed E-state index contributed by atoms with van der Waals surface area (Å²) in [6, 6.07) is 6.86. The second kappa shape index (κ2) is 9.31. The molecule has 140 valence electrons. The van der Waals surface area contributed by atoms with Crippen LogP contribution in [0.4, 0.5) is 0 Å². The second-order valence-electron chi connectivity index (χ2n) is 6.82. The lowest BCUT2D eigenvalue weighted by molar-refractivity contribution is -0.137. The predicted molar refractivity (Wildman–Crippen MR) is 97.0 cm³/mol. The third-order valence-electron chi connectivity index (χ3n) is 4.61. The summed E-state index contributed by atoms with van der Waals surface area (Å²) < 4.78 is 27.5. The van der Waals surface area contributed by atoms with Crippen molar-refractivity contribution in [1.29, 1.82) is 0 Å². The topological polar surface area (TPSA) is 86.7 Å². The molecule has 7 heteroatoms. The lowest BCUT2D eigenvalue weighted by Crippen LogP contribution is -2.41. The number of nitrogens with zero attached hydrogens (tertiary/aromatic N) is 1. The second-order valence-corrected chi connectivity index (χ2v) is 8.59. The van der Waals surface area contributed by atoms with E-state index in [0.29, 0.717) is 23.8 Å². The SMILES string of the molecule is Cc1ccc(S(=O)(=O)NCC2CCCN(CCCCC(=O)O)C2)cc1. The molecule has 6 nitrogen and oxygen atoms in total. The van der Waals surface area contributed by atoms with Gasteiger partial charge >= 0.3 is 5.97 Å². The molecule has 1 aliphatic heterocycles. The number of likely N-dealkylation sites (tertiary alicyclic amines) is 1. The van der Waals surface area contributed by atoms with Crippen molar-refractivity contribution in [3.05, 3.63) is 29.8 Å². The van der Waals surface area contributed by atoms with E-state index >= 15 is 0 Å². The summed E-state index contributed by atoms with van der Waals surface area (Å²) in [4.78, 5) is 13.2. The van der Waals surface area contributed by atoms with Gasteiger partial charge in [0.2, 0.25) is 10.0 Å². The molecular weight excluding hydrogens is 340 g/mol. The van der Waals surface area contributed by atoms with Crippen LogP contribution in [-0.2, 0) is 14.8 Å². The van der Waals surface area contributed by atoms with Crippen molar-refractivity contribution < 1.29 is 18.3 Å². The quantitative estimate of drug-likeness (QED) is 0.653. The molecule has 0 radical (unpaired) electrons. The van der Waals surface area contributed by atoms with E-state index in [1.165, 1.54) is 0 Å². The molecule has 1 heterocycles. The molecule has 0 saturated carbocycles. The van der Waals surface area contributed by atoms with Crippen molar-refractivity contribution in [3.8, 4) is 0 Å². The zero-order valence-electron chi connectivity index (χ0n) is 14.8. The summed E-state index contributed by atoms with van der Waals surface area (Å²) in [7, 11) is -3.46. The Morgan fingerprint density at radius 2 is 2.00 bits per heavy atom. The number of nitrogens with one attached hydrogen (secondary N) is 1. The summed E-state index contributed by atoms with van der Waals surface area (Å²) in [5.41, 5.74) is 1.03. The molecule has 1 aliphatic rings. The van der Waals surface area contributed by atoms with Gasteiger partial charge in [-0.15, -0.1) is 0 Å². The number of aryl methyl sites for hydroxylation is 1. The molecule has 1 aromatic rings. The highest BCUT2D eigenvalue weighted by atomic mass is 32.2. The van der Waals surface area contributed by atoms with Gasteiger partial charge in [-0.25, -0.2) is 13.1 Å². The average Bonchev–Trinajstić information content (AvgIpc) is 2.58. The Morgan fingerprint density at radius 1 is 1.28 bits per heavy atom. The smallest absolute Gasteiger partial charge is 0.303 e. The van der Waals surface area contributed by atoms with Gasteiger partial charge in [-0.3, -0.25) is 4.79 Å². The monoisotopic (exact) mass is 368 g/mol. The number of piperidine rings is 1. The van der Waals surface area contributed by atoms with Crippen molar-refractivity contribution in [2.75, 3.05) is 26.2 Å². The number of hydrogen-bond donors (Lipinski definition) is 2. The van der Waals surface area contributed by atoms with Crippen molar-refractivity contribution in [3.63, 3.8) is 0 Å². The standard InChI is InChI=1S/C18H28N2O4S/c1-15-7-9-17(10-8-15)25(23,24)19-13-16-5-4-12-20(14-16)11-3-2-6-18(21)22/h7-10,16,19H,2-6,11-14H2,1H3,(H,21,22). The molecule has 0 spiro atoms. The van der Waals surface area contributed by atoms with Gasteiger partial charge in [0.25, 0.3) is 0 Å². The summed E-state index contributed by atoms with van der Waals surface area (Å²) in [5.74, 6) is -0.449. The number of carboxylic acids is 1. The van der Waals surface area contributed by atoms with Gasteiger partial charge in [0, 0.05) is 19.5 Å². The average molecular weight is 368 g/mol. The number of unbranched alkanes of at least 4 members (excludes halogenated alkanes) is 1. The van der Waals surface area contributed by atoms with E-state index in [-0.39, 0.29) is 6.42 Å². The molecule has 2 rings (SSSR count). The molecule has 0 aliphatic carbocycles. The molecule has 0 bridgehead atoms. The Balaban J connectivity index is 1.78. The molecule has 2 N–H and O–H groups in total. The first kappa shape index (κ1) is 19.9. The molecule has 1 aromatic carbocycles. The summed E-state index contributed by atoms with van der Waals surface area (Å²) >= 11 is 0. The van der Waals surface area contributed by atoms with Crippen LogP contribution in [0.5, 0.6) is 0 Å². The number of hydrogen-bond acceptors (Lipinski definition) is 4. The van der Waals surface area contributed by atoms with Crippen molar-refractivity contribution in [2.24, 2.45) is 5.92 Å².